The third-order valence-corrected chi connectivity index (χ3v) is 6.89. The molecule has 1 atom stereocenters. The second kappa shape index (κ2) is 9.13. The van der Waals surface area contributed by atoms with Gasteiger partial charge in [-0.25, -0.2) is 23.1 Å². The first-order chi connectivity index (χ1) is 15.0. The monoisotopic (exact) mass is 440 g/mol. The number of hydrogen-bond acceptors (Lipinski definition) is 7. The first-order valence-corrected chi connectivity index (χ1v) is 11.7. The van der Waals surface area contributed by atoms with Gasteiger partial charge in [0.1, 0.15) is 0 Å². The molecule has 4 rings (SSSR count). The second-order valence-corrected chi connectivity index (χ2v) is 8.99. The predicted molar refractivity (Wildman–Crippen MR) is 117 cm³/mol. The van der Waals surface area contributed by atoms with Gasteiger partial charge in [-0.1, -0.05) is 25.1 Å². The second-order valence-electron chi connectivity index (χ2n) is 7.31. The van der Waals surface area contributed by atoms with Gasteiger partial charge in [-0.15, -0.1) is 0 Å². The minimum absolute atomic E-state index is 0.215. The smallest absolute Gasteiger partial charge is 0.243 e. The fraction of sp³-hybridized carbons (Fsp3) is 0.333. The van der Waals surface area contributed by atoms with Crippen LogP contribution in [0.3, 0.4) is 0 Å². The van der Waals surface area contributed by atoms with E-state index in [1.807, 2.05) is 0 Å². The van der Waals surface area contributed by atoms with Crippen LogP contribution in [-0.2, 0) is 15.8 Å². The lowest BCUT2D eigenvalue weighted by Crippen LogP contribution is -2.66. The van der Waals surface area contributed by atoms with Crippen LogP contribution in [0.4, 0.5) is 5.95 Å². The number of piperazine rings is 1. The molecule has 2 aromatic heterocycles. The molecule has 163 valence electrons. The Balaban J connectivity index is 1.65. The topological polar surface area (TPSA) is 96.3 Å². The van der Waals surface area contributed by atoms with Crippen LogP contribution < -0.4 is 9.62 Å². The highest BCUT2D eigenvalue weighted by Gasteiger charge is 2.43. The summed E-state index contributed by atoms with van der Waals surface area (Å²) in [7, 11) is -3.80. The lowest BCUT2D eigenvalue weighted by molar-refractivity contribution is -0.0176. The van der Waals surface area contributed by atoms with Crippen molar-refractivity contribution in [2.75, 3.05) is 31.1 Å². The summed E-state index contributed by atoms with van der Waals surface area (Å²) in [6, 6.07) is 12.0. The van der Waals surface area contributed by atoms with E-state index in [2.05, 4.69) is 36.5 Å². The van der Waals surface area contributed by atoms with Gasteiger partial charge in [-0.3, -0.25) is 4.90 Å². The van der Waals surface area contributed by atoms with Crippen molar-refractivity contribution < 1.29 is 8.42 Å². The average Bonchev–Trinajstić information content (AvgIpc) is 3.36. The van der Waals surface area contributed by atoms with Crippen LogP contribution in [0.25, 0.3) is 0 Å². The van der Waals surface area contributed by atoms with Crippen molar-refractivity contribution in [1.29, 1.82) is 0 Å². The number of aromatic nitrogens is 4. The number of benzene rings is 1. The summed E-state index contributed by atoms with van der Waals surface area (Å²) in [6.07, 6.45) is 7.87. The fourth-order valence-electron chi connectivity index (χ4n) is 3.92. The molecule has 1 fully saturated rings. The van der Waals surface area contributed by atoms with Gasteiger partial charge in [0.2, 0.25) is 16.0 Å². The zero-order valence-electron chi connectivity index (χ0n) is 17.2. The molecule has 0 spiro atoms. The molecule has 0 aliphatic carbocycles. The van der Waals surface area contributed by atoms with Crippen molar-refractivity contribution in [3.05, 3.63) is 74.2 Å². The first kappa shape index (κ1) is 21.4. The summed E-state index contributed by atoms with van der Waals surface area (Å²) < 4.78 is 31.3. The molecule has 1 N–H and O–H groups in total. The molecule has 1 unspecified atom stereocenters. The maximum absolute atomic E-state index is 13.3. The molecule has 1 aliphatic heterocycles. The summed E-state index contributed by atoms with van der Waals surface area (Å²) >= 11 is 0. The standard InChI is InChI=1S/C21H26N7O2S/c1-2-10-21(28-14-7-13-24-28,25-31(29,30)19-8-4-3-5-9-19)27-17-15-26(16-18-27)20-22-11-6-12-23-20/h3-9,11-14,25H,1-2,10,15-18H2. The van der Waals surface area contributed by atoms with Gasteiger partial charge in [0.05, 0.1) is 4.90 Å². The zero-order valence-corrected chi connectivity index (χ0v) is 18.0. The Morgan fingerprint density at radius 2 is 1.68 bits per heavy atom. The van der Waals surface area contributed by atoms with E-state index >= 15 is 0 Å². The maximum Gasteiger partial charge on any atom is 0.243 e. The Morgan fingerprint density at radius 1 is 0.968 bits per heavy atom. The highest BCUT2D eigenvalue weighted by atomic mass is 32.2. The van der Waals surface area contributed by atoms with Crippen LogP contribution in [-0.4, -0.2) is 59.2 Å². The molecule has 1 aliphatic rings. The van der Waals surface area contributed by atoms with Crippen LogP contribution in [0.1, 0.15) is 12.8 Å². The van der Waals surface area contributed by atoms with Gasteiger partial charge in [-0.05, 0) is 30.7 Å². The molecule has 0 saturated carbocycles. The SMILES string of the molecule is [CH2]CCC(NS(=O)(=O)c1ccccc1)(N1CCN(c2ncccn2)CC1)n1cccn1. The van der Waals surface area contributed by atoms with Crippen LogP contribution >= 0.6 is 0 Å². The number of nitrogens with zero attached hydrogens (tertiary/aromatic N) is 6. The third kappa shape index (κ3) is 4.46. The molecular formula is C21H26N7O2S. The molecule has 31 heavy (non-hydrogen) atoms. The molecule has 0 amide bonds. The van der Waals surface area contributed by atoms with E-state index in [-0.39, 0.29) is 4.90 Å². The van der Waals surface area contributed by atoms with E-state index in [0.717, 1.165) is 0 Å². The van der Waals surface area contributed by atoms with Crippen LogP contribution in [0.5, 0.6) is 0 Å². The van der Waals surface area contributed by atoms with Crippen molar-refractivity contribution in [3.63, 3.8) is 0 Å². The Kier molecular flexibility index (Phi) is 6.30. The maximum atomic E-state index is 13.3. The summed E-state index contributed by atoms with van der Waals surface area (Å²) in [5, 5.41) is 4.42. The molecule has 1 aromatic carbocycles. The van der Waals surface area contributed by atoms with E-state index in [1.54, 1.807) is 71.9 Å². The first-order valence-electron chi connectivity index (χ1n) is 10.2. The zero-order chi connectivity index (χ0) is 21.7. The Bertz CT molecular complexity index is 1050. The number of nitrogens with one attached hydrogen (secondary N) is 1. The van der Waals surface area contributed by atoms with Crippen molar-refractivity contribution in [2.24, 2.45) is 0 Å². The summed E-state index contributed by atoms with van der Waals surface area (Å²) in [6.45, 7) is 6.55. The number of hydrogen-bond donors (Lipinski definition) is 1. The van der Waals surface area contributed by atoms with Gasteiger partial charge in [-0.2, -0.15) is 9.82 Å². The van der Waals surface area contributed by atoms with Crippen LogP contribution in [0.15, 0.2) is 72.1 Å². The Hall–Kier alpha value is -2.82. The normalized spacial score (nSPS) is 17.4. The molecule has 1 radical (unpaired) electrons. The Labute approximate surface area is 182 Å². The van der Waals surface area contributed by atoms with Crippen molar-refractivity contribution in [1.82, 2.24) is 29.4 Å². The molecule has 9 nitrogen and oxygen atoms in total. The number of anilines is 1. The van der Waals surface area contributed by atoms with E-state index in [0.29, 0.717) is 45.0 Å². The highest BCUT2D eigenvalue weighted by molar-refractivity contribution is 7.89. The summed E-state index contributed by atoms with van der Waals surface area (Å²) in [4.78, 5) is 13.1. The molecular weight excluding hydrogens is 414 g/mol. The highest BCUT2D eigenvalue weighted by Crippen LogP contribution is 2.29. The van der Waals surface area contributed by atoms with E-state index < -0.39 is 15.8 Å². The summed E-state index contributed by atoms with van der Waals surface area (Å²) in [5.41, 5.74) is 0. The minimum Gasteiger partial charge on any atom is -0.338 e. The molecule has 0 bridgehead atoms. The summed E-state index contributed by atoms with van der Waals surface area (Å²) in [5.74, 6) is -0.391. The fourth-order valence-corrected chi connectivity index (χ4v) is 5.31. The van der Waals surface area contributed by atoms with Gasteiger partial charge >= 0.3 is 0 Å². The van der Waals surface area contributed by atoms with E-state index in [9.17, 15) is 8.42 Å². The van der Waals surface area contributed by atoms with Gasteiger partial charge in [0.15, 0.2) is 5.79 Å². The van der Waals surface area contributed by atoms with Gasteiger partial charge in [0.25, 0.3) is 0 Å². The molecule has 10 heteroatoms. The number of sulfonamides is 1. The van der Waals surface area contributed by atoms with Crippen LogP contribution in [0.2, 0.25) is 0 Å². The quantitative estimate of drug-likeness (QED) is 0.569. The molecule has 3 heterocycles. The lowest BCUT2D eigenvalue weighted by atomic mass is 10.1. The Morgan fingerprint density at radius 3 is 2.29 bits per heavy atom. The van der Waals surface area contributed by atoms with Crippen molar-refractivity contribution in [3.8, 4) is 0 Å². The predicted octanol–water partition coefficient (Wildman–Crippen LogP) is 1.70. The van der Waals surface area contributed by atoms with Gasteiger partial charge < -0.3 is 4.90 Å². The molecule has 3 aromatic rings. The molecule has 1 saturated heterocycles. The van der Waals surface area contributed by atoms with Crippen molar-refractivity contribution in [2.45, 2.75) is 23.5 Å². The van der Waals surface area contributed by atoms with Crippen LogP contribution in [0, 0.1) is 6.92 Å². The lowest BCUT2D eigenvalue weighted by Gasteiger charge is -2.47. The van der Waals surface area contributed by atoms with Gasteiger partial charge in [0, 0.05) is 57.4 Å². The third-order valence-electron chi connectivity index (χ3n) is 5.40. The van der Waals surface area contributed by atoms with E-state index in [1.165, 1.54) is 0 Å². The number of rotatable bonds is 8. The van der Waals surface area contributed by atoms with E-state index in [4.69, 9.17) is 0 Å². The minimum atomic E-state index is -3.80. The average molecular weight is 441 g/mol. The largest absolute Gasteiger partial charge is 0.338 e. The van der Waals surface area contributed by atoms with Crippen molar-refractivity contribution >= 4 is 16.0 Å².